The lowest BCUT2D eigenvalue weighted by Gasteiger charge is -2.32. The second-order valence-corrected chi connectivity index (χ2v) is 16.1. The summed E-state index contributed by atoms with van der Waals surface area (Å²) < 4.78 is 0. The van der Waals surface area contributed by atoms with Crippen LogP contribution in [-0.2, 0) is 52.8 Å². The summed E-state index contributed by atoms with van der Waals surface area (Å²) in [5.41, 5.74) is 13.3. The first-order valence-corrected chi connectivity index (χ1v) is 21.5. The molecule has 4 aromatic rings. The summed E-state index contributed by atoms with van der Waals surface area (Å²) in [5, 5.41) is 18.5. The third-order valence-electron chi connectivity index (χ3n) is 11.3. The molecule has 336 valence electrons. The van der Waals surface area contributed by atoms with Crippen molar-refractivity contribution in [1.29, 1.82) is 0 Å². The fraction of sp³-hybridized carbons (Fsp3) is 0.362. The third kappa shape index (κ3) is 12.6. The van der Waals surface area contributed by atoms with Gasteiger partial charge in [-0.25, -0.2) is 0 Å². The van der Waals surface area contributed by atoms with E-state index < -0.39 is 84.1 Å². The van der Waals surface area contributed by atoms with Gasteiger partial charge in [-0.1, -0.05) is 103 Å². The molecule has 6 atom stereocenters. The van der Waals surface area contributed by atoms with E-state index in [0.717, 1.165) is 27.5 Å². The number of guanidine groups is 1. The van der Waals surface area contributed by atoms with Gasteiger partial charge in [0.25, 0.3) is 0 Å². The summed E-state index contributed by atoms with van der Waals surface area (Å²) in [6, 6.07) is 24.2. The normalized spacial score (nSPS) is 21.4. The fourth-order valence-electron chi connectivity index (χ4n) is 8.15. The van der Waals surface area contributed by atoms with Crippen LogP contribution in [0.2, 0.25) is 0 Å². The Morgan fingerprint density at radius 1 is 0.750 bits per heavy atom. The first-order chi connectivity index (χ1) is 30.9. The largest absolute Gasteiger partial charge is 0.370 e. The number of benzene rings is 4. The molecule has 0 saturated carbocycles. The molecule has 0 bridgehead atoms. The minimum absolute atomic E-state index is 0.0325. The molecular weight excluding hydrogens is 817 g/mol. The van der Waals surface area contributed by atoms with Crippen LogP contribution in [0.5, 0.6) is 0 Å². The third-order valence-corrected chi connectivity index (χ3v) is 11.3. The first kappa shape index (κ1) is 46.2. The summed E-state index contributed by atoms with van der Waals surface area (Å²) in [6.07, 6.45) is 1.20. The number of nitrogens with zero attached hydrogens (tertiary/aromatic N) is 2. The van der Waals surface area contributed by atoms with Crippen LogP contribution in [0.25, 0.3) is 10.8 Å². The highest BCUT2D eigenvalue weighted by Crippen LogP contribution is 2.22. The van der Waals surface area contributed by atoms with E-state index >= 15 is 0 Å². The molecule has 0 aromatic heterocycles. The van der Waals surface area contributed by atoms with Gasteiger partial charge in [0.2, 0.25) is 41.4 Å². The van der Waals surface area contributed by atoms with Gasteiger partial charge in [-0.3, -0.25) is 38.6 Å². The van der Waals surface area contributed by atoms with Gasteiger partial charge in [0.1, 0.15) is 36.3 Å². The van der Waals surface area contributed by atoms with Crippen molar-refractivity contribution >= 4 is 58.1 Å². The maximum atomic E-state index is 14.6. The topological polar surface area (TPSA) is 259 Å². The molecule has 4 aromatic carbocycles. The molecule has 17 heteroatoms. The average molecular weight is 873 g/mol. The Kier molecular flexibility index (Phi) is 16.0. The van der Waals surface area contributed by atoms with Crippen molar-refractivity contribution in [2.24, 2.45) is 16.5 Å². The van der Waals surface area contributed by atoms with Crippen LogP contribution in [0.1, 0.15) is 49.3 Å². The van der Waals surface area contributed by atoms with Crippen molar-refractivity contribution in [3.63, 3.8) is 0 Å². The molecule has 6 rings (SSSR count). The van der Waals surface area contributed by atoms with E-state index in [9.17, 15) is 33.6 Å². The lowest BCUT2D eigenvalue weighted by molar-refractivity contribution is -0.143. The Bertz CT molecular complexity index is 2330. The van der Waals surface area contributed by atoms with Gasteiger partial charge in [-0.2, -0.15) is 0 Å². The number of amides is 7. The molecule has 0 spiro atoms. The number of carbonyl (C=O) groups is 7. The number of carbonyl (C=O) groups excluding carboxylic acids is 7. The van der Waals surface area contributed by atoms with Crippen molar-refractivity contribution in [2.45, 2.75) is 88.1 Å². The van der Waals surface area contributed by atoms with Crippen molar-refractivity contribution in [1.82, 2.24) is 36.8 Å². The highest BCUT2D eigenvalue weighted by Gasteiger charge is 2.41. The highest BCUT2D eigenvalue weighted by atomic mass is 16.2. The first-order valence-electron chi connectivity index (χ1n) is 21.5. The smallest absolute Gasteiger partial charge is 0.247 e. The summed E-state index contributed by atoms with van der Waals surface area (Å²) in [7, 11) is 0. The van der Waals surface area contributed by atoms with Gasteiger partial charge >= 0.3 is 0 Å². The minimum Gasteiger partial charge on any atom is -0.370 e. The van der Waals surface area contributed by atoms with E-state index in [0.29, 0.717) is 6.42 Å². The minimum atomic E-state index is -1.41. The Morgan fingerprint density at radius 2 is 1.38 bits per heavy atom. The van der Waals surface area contributed by atoms with Crippen molar-refractivity contribution < 1.29 is 33.6 Å². The Balaban J connectivity index is 1.37. The summed E-state index contributed by atoms with van der Waals surface area (Å²) in [4.78, 5) is 104. The van der Waals surface area contributed by atoms with Gasteiger partial charge in [0.05, 0.1) is 0 Å². The molecule has 10 N–H and O–H groups in total. The number of hydrogen-bond donors (Lipinski definition) is 8. The predicted molar refractivity (Wildman–Crippen MR) is 241 cm³/mol. The summed E-state index contributed by atoms with van der Waals surface area (Å²) >= 11 is 0. The zero-order valence-corrected chi connectivity index (χ0v) is 35.8. The highest BCUT2D eigenvalue weighted by molar-refractivity contribution is 5.98. The van der Waals surface area contributed by atoms with E-state index in [1.54, 1.807) is 24.3 Å². The van der Waals surface area contributed by atoms with E-state index in [2.05, 4.69) is 36.9 Å². The van der Waals surface area contributed by atoms with Crippen LogP contribution < -0.4 is 43.4 Å². The number of aliphatic imine (C=N–C) groups is 1. The van der Waals surface area contributed by atoms with Crippen molar-refractivity contribution in [3.05, 3.63) is 120 Å². The Labute approximate surface area is 371 Å². The molecule has 2 saturated heterocycles. The second-order valence-electron chi connectivity index (χ2n) is 16.1. The molecule has 0 radical (unpaired) electrons. The van der Waals surface area contributed by atoms with Crippen LogP contribution in [0.3, 0.4) is 0 Å². The average Bonchev–Trinajstić information content (AvgIpc) is 3.78. The van der Waals surface area contributed by atoms with Crippen LogP contribution in [0, 0.1) is 0 Å². The molecule has 1 unspecified atom stereocenters. The lowest BCUT2D eigenvalue weighted by Crippen LogP contribution is -2.62. The number of fused-ring (bicyclic) bond motifs is 2. The van der Waals surface area contributed by atoms with Crippen LogP contribution in [0.4, 0.5) is 0 Å². The predicted octanol–water partition coefficient (Wildman–Crippen LogP) is 0.486. The standard InChI is InChI=1S/C47H56N10O7/c1-29(58)52-36(25-30-13-4-2-5-14-30)42(60)56-39-28-51-41(59)35(21-11-23-50-47(48)49)53-44(62)38(27-33-19-10-18-32-17-8-9-20-34(32)33)54-43(61)37(26-31-15-6-3-7-16-31)55-45(63)40-22-12-24-57(40)46(39)64/h2-10,13-20,35-40H,11-12,21-28H2,1H3,(H,51,59)(H,52,58)(H,53,62)(H,54,61)(H,55,63)(H,56,60)(H4,48,49,50)/t35-,36-,37+,38-,39+,40?/m0/s1. The molecule has 64 heavy (non-hydrogen) atoms. The number of nitrogens with two attached hydrogens (primary N) is 2. The SMILES string of the molecule is CC(=O)N[C@@H](Cc1ccccc1)C(=O)N[C@@H]1CNC(=O)[C@H](CCCN=C(N)N)NC(=O)[C@H](Cc2cccc3ccccc23)NC(=O)[C@@H](Cc2ccccc2)NC(=O)C2CCCN2C1=O. The Hall–Kier alpha value is -7.30. The van der Waals surface area contributed by atoms with Gasteiger partial charge in [-0.05, 0) is 53.1 Å². The van der Waals surface area contributed by atoms with Gasteiger partial charge < -0.3 is 48.3 Å². The van der Waals surface area contributed by atoms with E-state index in [1.807, 2.05) is 78.9 Å². The van der Waals surface area contributed by atoms with Crippen LogP contribution >= 0.6 is 0 Å². The summed E-state index contributed by atoms with van der Waals surface area (Å²) in [5.74, 6) is -4.59. The quantitative estimate of drug-likeness (QED) is 0.0528. The monoisotopic (exact) mass is 872 g/mol. The zero-order valence-electron chi connectivity index (χ0n) is 35.8. The zero-order chi connectivity index (χ0) is 45.6. The maximum absolute atomic E-state index is 14.6. The lowest BCUT2D eigenvalue weighted by atomic mass is 9.97. The molecule has 0 aliphatic carbocycles. The van der Waals surface area contributed by atoms with E-state index in [-0.39, 0.29) is 57.6 Å². The molecule has 2 heterocycles. The molecule has 7 amide bonds. The van der Waals surface area contributed by atoms with E-state index in [4.69, 9.17) is 11.5 Å². The van der Waals surface area contributed by atoms with Crippen molar-refractivity contribution in [3.8, 4) is 0 Å². The molecule has 2 fully saturated rings. The molecule has 17 nitrogen and oxygen atoms in total. The fourth-order valence-corrected chi connectivity index (χ4v) is 8.15. The van der Waals surface area contributed by atoms with Crippen LogP contribution in [0.15, 0.2) is 108 Å². The summed E-state index contributed by atoms with van der Waals surface area (Å²) in [6.45, 7) is 1.14. The Morgan fingerprint density at radius 3 is 2.08 bits per heavy atom. The maximum Gasteiger partial charge on any atom is 0.247 e. The molecular formula is C47H56N10O7. The number of hydrogen-bond acceptors (Lipinski definition) is 8. The van der Waals surface area contributed by atoms with E-state index in [1.165, 1.54) is 11.8 Å². The molecule has 2 aliphatic rings. The van der Waals surface area contributed by atoms with Gasteiger partial charge in [0, 0.05) is 45.8 Å². The van der Waals surface area contributed by atoms with Crippen LogP contribution in [-0.4, -0.2) is 108 Å². The number of nitrogens with one attached hydrogen (secondary N) is 6. The van der Waals surface area contributed by atoms with Gasteiger partial charge in [-0.15, -0.1) is 0 Å². The van der Waals surface area contributed by atoms with Gasteiger partial charge in [0.15, 0.2) is 5.96 Å². The number of rotatable bonds is 13. The second kappa shape index (κ2) is 22.2. The molecule has 2 aliphatic heterocycles. The van der Waals surface area contributed by atoms with Crippen molar-refractivity contribution in [2.75, 3.05) is 19.6 Å².